The van der Waals surface area contributed by atoms with E-state index in [0.717, 1.165) is 28.7 Å². The van der Waals surface area contributed by atoms with Crippen LogP contribution in [0.5, 0.6) is 5.75 Å². The number of aromatic hydroxyl groups is 1. The van der Waals surface area contributed by atoms with Crippen LogP contribution in [0.15, 0.2) is 72.8 Å². The van der Waals surface area contributed by atoms with Crippen molar-refractivity contribution < 1.29 is 25.3 Å². The van der Waals surface area contributed by atoms with Crippen molar-refractivity contribution in [2.45, 2.75) is 31.8 Å². The van der Waals surface area contributed by atoms with Gasteiger partial charge < -0.3 is 15.3 Å². The van der Waals surface area contributed by atoms with Gasteiger partial charge in [0.1, 0.15) is 12.4 Å². The predicted molar refractivity (Wildman–Crippen MR) is 130 cm³/mol. The fourth-order valence-electron chi connectivity index (χ4n) is 3.85. The zero-order chi connectivity index (χ0) is 24.3. The molecule has 3 aromatic rings. The average Bonchev–Trinajstić information content (AvgIpc) is 2.88. The first-order chi connectivity index (χ1) is 16.5. The van der Waals surface area contributed by atoms with Crippen molar-refractivity contribution in [3.05, 3.63) is 89.5 Å². The highest BCUT2D eigenvalue weighted by Crippen LogP contribution is 2.28. The quantitative estimate of drug-likeness (QED) is 0.189. The highest BCUT2D eigenvalue weighted by Gasteiger charge is 2.22. The van der Waals surface area contributed by atoms with Crippen LogP contribution in [0.25, 0.3) is 11.1 Å². The molecule has 0 aliphatic carbocycles. The van der Waals surface area contributed by atoms with E-state index >= 15 is 0 Å². The van der Waals surface area contributed by atoms with Crippen LogP contribution in [0.3, 0.4) is 0 Å². The molecule has 0 fully saturated rings. The minimum Gasteiger partial charge on any atom is -0.508 e. The number of benzene rings is 3. The zero-order valence-corrected chi connectivity index (χ0v) is 18.8. The van der Waals surface area contributed by atoms with Gasteiger partial charge in [0.15, 0.2) is 0 Å². The monoisotopic (exact) mass is 459 g/mol. The van der Waals surface area contributed by atoms with Crippen molar-refractivity contribution in [2.24, 2.45) is 5.92 Å². The summed E-state index contributed by atoms with van der Waals surface area (Å²) in [6.07, 6.45) is 1.28. The third kappa shape index (κ3) is 7.19. The number of aryl methyl sites for hydroxylation is 1. The lowest BCUT2D eigenvalue weighted by Gasteiger charge is -2.19. The summed E-state index contributed by atoms with van der Waals surface area (Å²) < 4.78 is 0. The fraction of sp³-hybridized carbons (Fsp3) is 0.250. The first-order valence-electron chi connectivity index (χ1n) is 11.2. The maximum atomic E-state index is 12.2. The molecule has 0 aliphatic heterocycles. The molecule has 0 saturated carbocycles. The van der Waals surface area contributed by atoms with Gasteiger partial charge in [-0.15, -0.1) is 0 Å². The van der Waals surface area contributed by atoms with E-state index in [1.165, 1.54) is 0 Å². The van der Waals surface area contributed by atoms with Crippen molar-refractivity contribution in [1.82, 2.24) is 5.48 Å². The predicted octanol–water partition coefficient (Wildman–Crippen LogP) is 3.97. The molecule has 0 saturated heterocycles. The van der Waals surface area contributed by atoms with Crippen LogP contribution >= 0.6 is 0 Å². The number of aliphatic hydroxyl groups excluding tert-OH is 2. The maximum absolute atomic E-state index is 12.2. The van der Waals surface area contributed by atoms with E-state index in [0.29, 0.717) is 18.4 Å². The number of nitrogens with one attached hydrogen (secondary N) is 1. The Morgan fingerprint density at radius 3 is 2.12 bits per heavy atom. The summed E-state index contributed by atoms with van der Waals surface area (Å²) in [5.41, 5.74) is 6.27. The number of carbonyl (C=O) groups excluding carboxylic acids is 1. The number of phenolic OH excluding ortho intramolecular Hbond substituents is 1. The zero-order valence-electron chi connectivity index (χ0n) is 18.8. The lowest BCUT2D eigenvalue weighted by molar-refractivity contribution is -0.134. The second-order valence-corrected chi connectivity index (χ2v) is 8.14. The molecule has 176 valence electrons. The van der Waals surface area contributed by atoms with E-state index in [4.69, 9.17) is 10.3 Å². The van der Waals surface area contributed by atoms with Crippen molar-refractivity contribution in [2.75, 3.05) is 6.61 Å². The fourth-order valence-corrected chi connectivity index (χ4v) is 3.85. The topological polar surface area (TPSA) is 110 Å². The number of hydroxylamine groups is 1. The van der Waals surface area contributed by atoms with Crippen LogP contribution in [0.1, 0.15) is 42.1 Å². The third-order valence-corrected chi connectivity index (χ3v) is 5.77. The highest BCUT2D eigenvalue weighted by molar-refractivity contribution is 5.77. The van der Waals surface area contributed by atoms with Crippen LogP contribution in [-0.4, -0.2) is 33.0 Å². The molecule has 0 heterocycles. The molecule has 0 bridgehead atoms. The molecule has 5 N–H and O–H groups in total. The lowest BCUT2D eigenvalue weighted by Crippen LogP contribution is -2.29. The Hall–Kier alpha value is -3.63. The summed E-state index contributed by atoms with van der Waals surface area (Å²) in [6, 6.07) is 22.1. The molecule has 0 spiro atoms. The van der Waals surface area contributed by atoms with Gasteiger partial charge >= 0.3 is 0 Å². The van der Waals surface area contributed by atoms with Gasteiger partial charge in [0, 0.05) is 11.5 Å². The van der Waals surface area contributed by atoms with E-state index in [1.807, 2.05) is 60.7 Å². The number of hydrogen-bond acceptors (Lipinski definition) is 5. The van der Waals surface area contributed by atoms with Gasteiger partial charge in [0.25, 0.3) is 0 Å². The number of amides is 1. The Kier molecular flexibility index (Phi) is 9.24. The van der Waals surface area contributed by atoms with Crippen LogP contribution in [-0.2, 0) is 11.2 Å². The van der Waals surface area contributed by atoms with E-state index < -0.39 is 17.9 Å². The second-order valence-electron chi connectivity index (χ2n) is 8.14. The van der Waals surface area contributed by atoms with Gasteiger partial charge in [0.05, 0.1) is 6.10 Å². The van der Waals surface area contributed by atoms with E-state index in [1.54, 1.807) is 17.6 Å². The van der Waals surface area contributed by atoms with Crippen molar-refractivity contribution in [3.8, 4) is 28.7 Å². The molecule has 0 aromatic heterocycles. The molecule has 6 heteroatoms. The Morgan fingerprint density at radius 2 is 1.53 bits per heavy atom. The highest BCUT2D eigenvalue weighted by atomic mass is 16.5. The average molecular weight is 460 g/mol. The van der Waals surface area contributed by atoms with Gasteiger partial charge in [-0.25, -0.2) is 5.48 Å². The van der Waals surface area contributed by atoms with Crippen molar-refractivity contribution >= 4 is 5.91 Å². The molecular formula is C28H29NO5. The van der Waals surface area contributed by atoms with Gasteiger partial charge in [-0.1, -0.05) is 60.4 Å². The van der Waals surface area contributed by atoms with Gasteiger partial charge in [-0.05, 0) is 72.2 Å². The molecule has 1 amide bonds. The summed E-state index contributed by atoms with van der Waals surface area (Å²) >= 11 is 0. The van der Waals surface area contributed by atoms with Crippen LogP contribution in [0, 0.1) is 17.8 Å². The van der Waals surface area contributed by atoms with Gasteiger partial charge in [-0.2, -0.15) is 0 Å². The molecule has 2 unspecified atom stereocenters. The summed E-state index contributed by atoms with van der Waals surface area (Å²) in [5, 5.41) is 38.0. The number of hydrogen-bond donors (Lipinski definition) is 5. The number of rotatable bonds is 9. The van der Waals surface area contributed by atoms with Crippen LogP contribution < -0.4 is 5.48 Å². The normalized spacial score (nSPS) is 12.3. The maximum Gasteiger partial charge on any atom is 0.246 e. The van der Waals surface area contributed by atoms with Crippen molar-refractivity contribution in [1.29, 1.82) is 0 Å². The van der Waals surface area contributed by atoms with Crippen LogP contribution in [0.2, 0.25) is 0 Å². The molecule has 0 aliphatic rings. The molecule has 0 radical (unpaired) electrons. The van der Waals surface area contributed by atoms with E-state index in [9.17, 15) is 15.0 Å². The van der Waals surface area contributed by atoms with Crippen molar-refractivity contribution in [3.63, 3.8) is 0 Å². The molecule has 3 rings (SSSR count). The minimum absolute atomic E-state index is 0.176. The summed E-state index contributed by atoms with van der Waals surface area (Å²) in [4.78, 5) is 12.2. The van der Waals surface area contributed by atoms with E-state index in [2.05, 4.69) is 11.8 Å². The Bertz CT molecular complexity index is 1110. The second kappa shape index (κ2) is 12.6. The van der Waals surface area contributed by atoms with E-state index in [-0.39, 0.29) is 18.8 Å². The Labute approximate surface area is 199 Å². The minimum atomic E-state index is -0.846. The molecule has 6 nitrogen and oxygen atoms in total. The lowest BCUT2D eigenvalue weighted by atomic mass is 9.90. The molecular weight excluding hydrogens is 430 g/mol. The number of carbonyl (C=O) groups is 1. The third-order valence-electron chi connectivity index (χ3n) is 5.77. The van der Waals surface area contributed by atoms with Crippen LogP contribution in [0.4, 0.5) is 0 Å². The van der Waals surface area contributed by atoms with Gasteiger partial charge in [-0.3, -0.25) is 10.0 Å². The first-order valence-corrected chi connectivity index (χ1v) is 11.2. The largest absolute Gasteiger partial charge is 0.508 e. The molecule has 2 atom stereocenters. The number of phenols is 1. The standard InChI is InChI=1S/C28H29NO5/c30-18-2-4-21-6-10-22(11-7-21)23-12-14-24(15-13-23)27(32)19-25(28(33)29-34)5-1-3-20-8-16-26(31)17-9-20/h6-17,25,27,30-32,34H,1,3,5,18-19H2,(H,29,33). The Balaban J connectivity index is 1.60. The number of aliphatic hydroxyl groups is 2. The molecule has 34 heavy (non-hydrogen) atoms. The summed E-state index contributed by atoms with van der Waals surface area (Å²) in [6.45, 7) is -0.176. The summed E-state index contributed by atoms with van der Waals surface area (Å²) in [5.74, 6) is 4.64. The first kappa shape index (κ1) is 25.0. The molecule has 3 aromatic carbocycles. The summed E-state index contributed by atoms with van der Waals surface area (Å²) in [7, 11) is 0. The Morgan fingerprint density at radius 1 is 0.912 bits per heavy atom. The smallest absolute Gasteiger partial charge is 0.246 e. The SMILES string of the molecule is O=C(NO)C(CCCc1ccc(O)cc1)CC(O)c1ccc(-c2ccc(C#CCO)cc2)cc1. The van der Waals surface area contributed by atoms with Gasteiger partial charge in [0.2, 0.25) is 5.91 Å².